The van der Waals surface area contributed by atoms with E-state index in [2.05, 4.69) is 6.20 Å². The van der Waals surface area contributed by atoms with E-state index in [1.165, 1.54) is 52.4 Å². The van der Waals surface area contributed by atoms with Gasteiger partial charge in [-0.25, -0.2) is 0 Å². The maximum atomic E-state index is 12.0. The number of piperidine rings is 1. The predicted octanol–water partition coefficient (Wildman–Crippen LogP) is 1.73. The number of amides is 1. The van der Waals surface area contributed by atoms with Crippen molar-refractivity contribution < 1.29 is 4.79 Å². The van der Waals surface area contributed by atoms with E-state index in [1.54, 1.807) is 0 Å². The van der Waals surface area contributed by atoms with Crippen LogP contribution >= 0.6 is 11.3 Å². The van der Waals surface area contributed by atoms with Crippen molar-refractivity contribution in [1.82, 2.24) is 4.90 Å². The van der Waals surface area contributed by atoms with Crippen LogP contribution in [0.15, 0.2) is 4.99 Å². The van der Waals surface area contributed by atoms with E-state index in [1.807, 2.05) is 16.2 Å². The van der Waals surface area contributed by atoms with Gasteiger partial charge in [0.2, 0.25) is 5.91 Å². The second-order valence-electron chi connectivity index (χ2n) is 5.71. The van der Waals surface area contributed by atoms with Crippen molar-refractivity contribution in [3.05, 3.63) is 20.3 Å². The molecular weight excluding hydrogens is 256 g/mol. The van der Waals surface area contributed by atoms with Gasteiger partial charge in [-0.05, 0) is 44.1 Å². The molecule has 1 aromatic heterocycles. The van der Waals surface area contributed by atoms with Gasteiger partial charge in [0.25, 0.3) is 0 Å². The number of rotatable bonds is 0. The van der Waals surface area contributed by atoms with E-state index in [0.717, 1.165) is 12.8 Å². The topological polar surface area (TPSA) is 32.7 Å². The summed E-state index contributed by atoms with van der Waals surface area (Å²) in [5.74, 6) is 0.245. The molecule has 0 aromatic carbocycles. The summed E-state index contributed by atoms with van der Waals surface area (Å²) in [6.45, 7) is 0. The third-order valence-electron chi connectivity index (χ3n) is 4.42. The van der Waals surface area contributed by atoms with E-state index in [9.17, 15) is 4.79 Å². The Morgan fingerprint density at radius 3 is 3.00 bits per heavy atom. The molecule has 1 saturated heterocycles. The summed E-state index contributed by atoms with van der Waals surface area (Å²) < 4.78 is 1.22. The van der Waals surface area contributed by atoms with Gasteiger partial charge in [-0.1, -0.05) is 6.42 Å². The fourth-order valence-corrected chi connectivity index (χ4v) is 4.68. The highest BCUT2D eigenvalue weighted by Gasteiger charge is 2.29. The molecule has 1 fully saturated rings. The van der Waals surface area contributed by atoms with Crippen molar-refractivity contribution >= 4 is 23.4 Å². The summed E-state index contributed by atoms with van der Waals surface area (Å²) in [4.78, 5) is 20.3. The van der Waals surface area contributed by atoms with E-state index >= 15 is 0 Å². The molecule has 3 aliphatic rings. The van der Waals surface area contributed by atoms with Gasteiger partial charge >= 0.3 is 0 Å². The fraction of sp³-hybridized carbons (Fsp3) is 0.600. The molecule has 0 spiro atoms. The lowest BCUT2D eigenvalue weighted by Crippen LogP contribution is -2.46. The maximum Gasteiger partial charge on any atom is 0.228 e. The molecule has 4 rings (SSSR count). The summed E-state index contributed by atoms with van der Waals surface area (Å²) in [7, 11) is 0. The Hall–Kier alpha value is -1.16. The van der Waals surface area contributed by atoms with Gasteiger partial charge in [0, 0.05) is 17.5 Å². The largest absolute Gasteiger partial charge is 0.295 e. The number of hydrogen-bond acceptors (Lipinski definition) is 3. The van der Waals surface area contributed by atoms with Crippen LogP contribution in [0.4, 0.5) is 0 Å². The van der Waals surface area contributed by atoms with Crippen molar-refractivity contribution in [3.63, 3.8) is 0 Å². The summed E-state index contributed by atoms with van der Waals surface area (Å²) in [5.41, 5.74) is 1.49. The quantitative estimate of drug-likeness (QED) is 0.663. The zero-order chi connectivity index (χ0) is 12.8. The first-order valence-corrected chi connectivity index (χ1v) is 8.16. The van der Waals surface area contributed by atoms with Crippen LogP contribution in [-0.2, 0) is 17.6 Å². The van der Waals surface area contributed by atoms with E-state index in [-0.39, 0.29) is 12.1 Å². The average Bonchev–Trinajstić information content (AvgIpc) is 2.59. The average molecular weight is 274 g/mol. The predicted molar refractivity (Wildman–Crippen MR) is 75.3 cm³/mol. The first kappa shape index (κ1) is 11.6. The maximum absolute atomic E-state index is 12.0. The Bertz CT molecular complexity index is 646. The van der Waals surface area contributed by atoms with Crippen LogP contribution in [-0.4, -0.2) is 17.0 Å². The molecule has 0 saturated carbocycles. The lowest BCUT2D eigenvalue weighted by molar-refractivity contribution is -0.131. The van der Waals surface area contributed by atoms with E-state index < -0.39 is 0 Å². The van der Waals surface area contributed by atoms with Crippen molar-refractivity contribution in [2.24, 2.45) is 4.99 Å². The highest BCUT2D eigenvalue weighted by Crippen LogP contribution is 2.24. The van der Waals surface area contributed by atoms with Gasteiger partial charge in [-0.3, -0.25) is 14.7 Å². The van der Waals surface area contributed by atoms with Gasteiger partial charge in [0.1, 0.15) is 6.17 Å². The van der Waals surface area contributed by atoms with Crippen LogP contribution in [0, 0.1) is 0 Å². The Kier molecular flexibility index (Phi) is 2.72. The number of carbonyl (C=O) groups is 1. The summed E-state index contributed by atoms with van der Waals surface area (Å²) in [6, 6.07) is 0. The van der Waals surface area contributed by atoms with Gasteiger partial charge in [-0.15, -0.1) is 11.3 Å². The molecule has 1 aliphatic carbocycles. The molecule has 1 amide bonds. The highest BCUT2D eigenvalue weighted by molar-refractivity contribution is 7.10. The van der Waals surface area contributed by atoms with Crippen LogP contribution in [0.3, 0.4) is 0 Å². The van der Waals surface area contributed by atoms with Crippen molar-refractivity contribution in [1.29, 1.82) is 0 Å². The zero-order valence-electron chi connectivity index (χ0n) is 11.0. The third-order valence-corrected chi connectivity index (χ3v) is 5.63. The van der Waals surface area contributed by atoms with Crippen LogP contribution in [0.1, 0.15) is 49.0 Å². The smallest absolute Gasteiger partial charge is 0.228 e. The fourth-order valence-electron chi connectivity index (χ4n) is 3.41. The Labute approximate surface area is 116 Å². The molecule has 0 radical (unpaired) electrons. The first-order valence-electron chi connectivity index (χ1n) is 7.34. The Balaban J connectivity index is 1.88. The molecular formula is C15H18N2OS. The number of fused-ring (bicyclic) bond motifs is 4. The third kappa shape index (κ3) is 1.84. The minimum atomic E-state index is 0.0794. The van der Waals surface area contributed by atoms with Gasteiger partial charge in [0.05, 0.1) is 9.89 Å². The number of thiophene rings is 1. The molecule has 0 N–H and O–H groups in total. The van der Waals surface area contributed by atoms with Crippen LogP contribution in [0.25, 0.3) is 6.20 Å². The van der Waals surface area contributed by atoms with Crippen molar-refractivity contribution in [3.8, 4) is 0 Å². The van der Waals surface area contributed by atoms with Gasteiger partial charge in [0.15, 0.2) is 0 Å². The lowest BCUT2D eigenvalue weighted by atomic mass is 10.1. The van der Waals surface area contributed by atoms with E-state index in [0.29, 0.717) is 6.42 Å². The van der Waals surface area contributed by atoms with Crippen LogP contribution in [0.5, 0.6) is 0 Å². The molecule has 0 bridgehead atoms. The SMILES string of the molecule is O=C1CCCC2N=c3c4c(sc3=CN12)CCCCC4. The zero-order valence-corrected chi connectivity index (χ0v) is 11.8. The monoisotopic (exact) mass is 274 g/mol. The number of hydrogen-bond donors (Lipinski definition) is 0. The van der Waals surface area contributed by atoms with Crippen molar-refractivity contribution in [2.75, 3.05) is 0 Å². The summed E-state index contributed by atoms with van der Waals surface area (Å²) >= 11 is 1.87. The molecule has 4 heteroatoms. The van der Waals surface area contributed by atoms with Crippen molar-refractivity contribution in [2.45, 2.75) is 57.5 Å². The molecule has 1 aromatic rings. The van der Waals surface area contributed by atoms with E-state index in [4.69, 9.17) is 4.99 Å². The second kappa shape index (κ2) is 4.44. The number of carbonyl (C=O) groups excluding carboxylic acids is 1. The standard InChI is InChI=1S/C15H18N2OS/c18-14-8-4-7-13-16-15-10-5-2-1-3-6-11(10)19-12(15)9-17(13)14/h9,13H,1-8H2. The number of aryl methyl sites for hydroxylation is 1. The first-order chi connectivity index (χ1) is 9.33. The normalized spacial score (nSPS) is 25.6. The summed E-state index contributed by atoms with van der Waals surface area (Å²) in [6.07, 6.45) is 11.2. The Morgan fingerprint density at radius 2 is 2.05 bits per heavy atom. The van der Waals surface area contributed by atoms with Crippen LogP contribution in [0.2, 0.25) is 0 Å². The lowest BCUT2D eigenvalue weighted by Gasteiger charge is -2.31. The van der Waals surface area contributed by atoms with Crippen LogP contribution < -0.4 is 9.89 Å². The molecule has 3 heterocycles. The number of nitrogens with zero attached hydrogens (tertiary/aromatic N) is 2. The second-order valence-corrected chi connectivity index (χ2v) is 6.85. The molecule has 1 atom stereocenters. The highest BCUT2D eigenvalue weighted by atomic mass is 32.1. The molecule has 2 aliphatic heterocycles. The summed E-state index contributed by atoms with van der Waals surface area (Å²) in [5, 5.41) is 1.22. The molecule has 1 unspecified atom stereocenters. The van der Waals surface area contributed by atoms with Gasteiger partial charge < -0.3 is 0 Å². The minimum Gasteiger partial charge on any atom is -0.295 e. The minimum absolute atomic E-state index is 0.0794. The molecule has 3 nitrogen and oxygen atoms in total. The molecule has 19 heavy (non-hydrogen) atoms. The molecule has 100 valence electrons. The van der Waals surface area contributed by atoms with Gasteiger partial charge in [-0.2, -0.15) is 0 Å². The Morgan fingerprint density at radius 1 is 1.16 bits per heavy atom.